The lowest BCUT2D eigenvalue weighted by molar-refractivity contribution is -0.144. The molecule has 1 spiro atoms. The molecule has 2 aromatic carbocycles. The van der Waals surface area contributed by atoms with Gasteiger partial charge in [-0.1, -0.05) is 67.6 Å². The zero-order valence-electron chi connectivity index (χ0n) is 20.8. The fraction of sp³-hybridized carbons (Fsp3) is 0.433. The number of ether oxygens (including phenoxy) is 2. The number of benzene rings is 2. The van der Waals surface area contributed by atoms with Crippen LogP contribution in [0, 0.1) is 5.41 Å². The number of likely N-dealkylation sites (tertiary alicyclic amines) is 1. The van der Waals surface area contributed by atoms with Crippen LogP contribution in [0.2, 0.25) is 0 Å². The predicted octanol–water partition coefficient (Wildman–Crippen LogP) is 4.96. The molecule has 5 heteroatoms. The van der Waals surface area contributed by atoms with Crippen molar-refractivity contribution >= 4 is 17.2 Å². The maximum Gasteiger partial charge on any atom is 0.336 e. The van der Waals surface area contributed by atoms with Gasteiger partial charge >= 0.3 is 5.97 Å². The summed E-state index contributed by atoms with van der Waals surface area (Å²) in [5.41, 5.74) is 5.84. The SMILES string of the molecule is CCOC(=O)C1=C(c2ccccc2)N2CCOC23C(CN2CCCC2)=C(c2ccccc2)C3(C)C1. The highest BCUT2D eigenvalue weighted by atomic mass is 16.5. The van der Waals surface area contributed by atoms with E-state index in [9.17, 15) is 4.79 Å². The fourth-order valence-corrected chi connectivity index (χ4v) is 7.01. The summed E-state index contributed by atoms with van der Waals surface area (Å²) >= 11 is 0. The summed E-state index contributed by atoms with van der Waals surface area (Å²) < 4.78 is 12.4. The van der Waals surface area contributed by atoms with Crippen LogP contribution in [0.5, 0.6) is 0 Å². The predicted molar refractivity (Wildman–Crippen MR) is 137 cm³/mol. The van der Waals surface area contributed by atoms with Crippen molar-refractivity contribution < 1.29 is 14.3 Å². The Hall–Kier alpha value is -2.89. The van der Waals surface area contributed by atoms with Gasteiger partial charge in [0, 0.05) is 24.1 Å². The van der Waals surface area contributed by atoms with Gasteiger partial charge in [-0.05, 0) is 56.0 Å². The van der Waals surface area contributed by atoms with Crippen molar-refractivity contribution in [3.05, 3.63) is 82.9 Å². The van der Waals surface area contributed by atoms with Gasteiger partial charge in [-0.3, -0.25) is 4.90 Å². The third-order valence-corrected chi connectivity index (χ3v) is 8.31. The molecule has 0 bridgehead atoms. The van der Waals surface area contributed by atoms with Gasteiger partial charge in [0.05, 0.1) is 24.5 Å². The molecule has 6 rings (SSSR count). The van der Waals surface area contributed by atoms with E-state index in [1.165, 1.54) is 29.6 Å². The van der Waals surface area contributed by atoms with Gasteiger partial charge in [0.1, 0.15) is 0 Å². The van der Waals surface area contributed by atoms with E-state index in [2.05, 4.69) is 59.2 Å². The molecule has 2 aromatic rings. The van der Waals surface area contributed by atoms with Crippen LogP contribution in [0.1, 0.15) is 44.2 Å². The van der Waals surface area contributed by atoms with Gasteiger partial charge in [0.15, 0.2) is 5.72 Å². The molecule has 0 saturated carbocycles. The third kappa shape index (κ3) is 3.25. The molecular formula is C30H34N2O3. The molecule has 2 atom stereocenters. The Kier molecular flexibility index (Phi) is 5.58. The van der Waals surface area contributed by atoms with Crippen LogP contribution in [0.4, 0.5) is 0 Å². The number of carbonyl (C=O) groups is 1. The quantitative estimate of drug-likeness (QED) is 0.558. The monoisotopic (exact) mass is 470 g/mol. The topological polar surface area (TPSA) is 42.0 Å². The Bertz CT molecular complexity index is 1180. The standard InChI is InChI=1S/C30H34N2O3/c1-3-34-28(33)24-20-29(2)26(22-12-6-4-7-13-22)25(21-31-16-10-11-17-31)30(29)32(18-19-35-30)27(24)23-14-8-5-9-15-23/h4-9,12-15H,3,10-11,16-21H2,1-2H3. The zero-order valence-corrected chi connectivity index (χ0v) is 20.8. The van der Waals surface area contributed by atoms with Crippen molar-refractivity contribution in [3.8, 4) is 0 Å². The first-order chi connectivity index (χ1) is 17.1. The second-order valence-corrected chi connectivity index (χ2v) is 10.3. The average molecular weight is 471 g/mol. The maximum absolute atomic E-state index is 13.4. The van der Waals surface area contributed by atoms with Crippen molar-refractivity contribution in [3.63, 3.8) is 0 Å². The molecular weight excluding hydrogens is 436 g/mol. The molecule has 2 unspecified atom stereocenters. The summed E-state index contributed by atoms with van der Waals surface area (Å²) in [7, 11) is 0. The van der Waals surface area contributed by atoms with E-state index in [-0.39, 0.29) is 11.4 Å². The highest BCUT2D eigenvalue weighted by Crippen LogP contribution is 2.69. The lowest BCUT2D eigenvalue weighted by Crippen LogP contribution is -2.68. The lowest BCUT2D eigenvalue weighted by atomic mass is 9.51. The second kappa shape index (κ2) is 8.65. The van der Waals surface area contributed by atoms with Crippen LogP contribution in [-0.2, 0) is 14.3 Å². The van der Waals surface area contributed by atoms with E-state index < -0.39 is 5.72 Å². The molecule has 0 N–H and O–H groups in total. The maximum atomic E-state index is 13.4. The minimum absolute atomic E-state index is 0.214. The van der Waals surface area contributed by atoms with E-state index in [1.807, 2.05) is 25.1 Å². The Balaban J connectivity index is 1.55. The van der Waals surface area contributed by atoms with Gasteiger partial charge < -0.3 is 14.4 Å². The first-order valence-corrected chi connectivity index (χ1v) is 13.0. The van der Waals surface area contributed by atoms with Crippen molar-refractivity contribution in [1.29, 1.82) is 0 Å². The van der Waals surface area contributed by atoms with Gasteiger partial charge in [0.2, 0.25) is 0 Å². The molecule has 4 aliphatic rings. The smallest absolute Gasteiger partial charge is 0.336 e. The third-order valence-electron chi connectivity index (χ3n) is 8.31. The average Bonchev–Trinajstić information content (AvgIpc) is 3.56. The summed E-state index contributed by atoms with van der Waals surface area (Å²) in [5.74, 6) is -0.214. The van der Waals surface area contributed by atoms with Crippen molar-refractivity contribution in [1.82, 2.24) is 9.80 Å². The lowest BCUT2D eigenvalue weighted by Gasteiger charge is -2.64. The summed E-state index contributed by atoms with van der Waals surface area (Å²) in [4.78, 5) is 18.4. The van der Waals surface area contributed by atoms with Crippen LogP contribution in [-0.4, -0.2) is 60.9 Å². The molecule has 2 saturated heterocycles. The minimum atomic E-state index is -0.540. The molecule has 3 heterocycles. The normalized spacial score (nSPS) is 28.1. The Labute approximate surface area is 208 Å². The van der Waals surface area contributed by atoms with Crippen LogP contribution >= 0.6 is 0 Å². The fourth-order valence-electron chi connectivity index (χ4n) is 7.01. The molecule has 2 fully saturated rings. The summed E-state index contributed by atoms with van der Waals surface area (Å²) in [5, 5.41) is 0. The van der Waals surface area contributed by atoms with Crippen LogP contribution in [0.3, 0.4) is 0 Å². The Morgan fingerprint density at radius 2 is 1.63 bits per heavy atom. The molecule has 1 aliphatic carbocycles. The Morgan fingerprint density at radius 1 is 0.971 bits per heavy atom. The van der Waals surface area contributed by atoms with Crippen LogP contribution in [0.15, 0.2) is 71.8 Å². The number of carbonyl (C=O) groups excluding carboxylic acids is 1. The first-order valence-electron chi connectivity index (χ1n) is 13.0. The molecule has 0 radical (unpaired) electrons. The van der Waals surface area contributed by atoms with Gasteiger partial charge in [0.25, 0.3) is 0 Å². The van der Waals surface area contributed by atoms with E-state index in [1.54, 1.807) is 0 Å². The highest BCUT2D eigenvalue weighted by molar-refractivity contribution is 6.01. The second-order valence-electron chi connectivity index (χ2n) is 10.3. The zero-order chi connectivity index (χ0) is 24.0. The summed E-state index contributed by atoms with van der Waals surface area (Å²) in [6.07, 6.45) is 3.11. The number of hydrogen-bond acceptors (Lipinski definition) is 5. The van der Waals surface area contributed by atoms with E-state index >= 15 is 0 Å². The van der Waals surface area contributed by atoms with E-state index in [0.717, 1.165) is 43.0 Å². The number of rotatable bonds is 6. The Morgan fingerprint density at radius 3 is 2.29 bits per heavy atom. The summed E-state index contributed by atoms with van der Waals surface area (Å²) in [6.45, 7) is 9.12. The minimum Gasteiger partial charge on any atom is -0.463 e. The largest absolute Gasteiger partial charge is 0.463 e. The van der Waals surface area contributed by atoms with E-state index in [4.69, 9.17) is 9.47 Å². The number of hydrogen-bond donors (Lipinski definition) is 0. The summed E-state index contributed by atoms with van der Waals surface area (Å²) in [6, 6.07) is 21.0. The number of nitrogens with zero attached hydrogens (tertiary/aromatic N) is 2. The van der Waals surface area contributed by atoms with Gasteiger partial charge in [-0.15, -0.1) is 0 Å². The van der Waals surface area contributed by atoms with Crippen LogP contribution in [0.25, 0.3) is 11.3 Å². The molecule has 35 heavy (non-hydrogen) atoms. The highest BCUT2D eigenvalue weighted by Gasteiger charge is 2.71. The van der Waals surface area contributed by atoms with Gasteiger partial charge in [-0.2, -0.15) is 0 Å². The molecule has 0 aromatic heterocycles. The van der Waals surface area contributed by atoms with Crippen LogP contribution < -0.4 is 0 Å². The number of esters is 1. The molecule has 0 amide bonds. The van der Waals surface area contributed by atoms with Crippen molar-refractivity contribution in [2.75, 3.05) is 39.4 Å². The van der Waals surface area contributed by atoms with E-state index in [0.29, 0.717) is 19.6 Å². The molecule has 3 aliphatic heterocycles. The van der Waals surface area contributed by atoms with Crippen molar-refractivity contribution in [2.45, 2.75) is 38.8 Å². The first kappa shape index (κ1) is 22.6. The van der Waals surface area contributed by atoms with Crippen molar-refractivity contribution in [2.24, 2.45) is 5.41 Å². The molecule has 5 nitrogen and oxygen atoms in total. The molecule has 182 valence electrons. The van der Waals surface area contributed by atoms with Gasteiger partial charge in [-0.25, -0.2) is 4.79 Å².